The fourth-order valence-corrected chi connectivity index (χ4v) is 2.84. The third kappa shape index (κ3) is 2.73. The molecule has 6 heteroatoms. The Bertz CT molecular complexity index is 769. The molecule has 0 aliphatic carbocycles. The fraction of sp³-hybridized carbons (Fsp3) is 0. The van der Waals surface area contributed by atoms with Gasteiger partial charge in [-0.05, 0) is 59.8 Å². The summed E-state index contributed by atoms with van der Waals surface area (Å²) in [6.07, 6.45) is 1.55. The molecule has 2 aromatic rings. The van der Waals surface area contributed by atoms with E-state index in [1.54, 1.807) is 6.08 Å². The highest BCUT2D eigenvalue weighted by atomic mass is 32.2. The molecular formula is C16H10FNO3S. The van der Waals surface area contributed by atoms with E-state index in [0.29, 0.717) is 11.3 Å². The van der Waals surface area contributed by atoms with Crippen molar-refractivity contribution in [2.24, 2.45) is 0 Å². The smallest absolute Gasteiger partial charge is 0.298 e. The predicted octanol–water partition coefficient (Wildman–Crippen LogP) is 3.77. The molecule has 1 aliphatic rings. The zero-order valence-electron chi connectivity index (χ0n) is 11.2. The summed E-state index contributed by atoms with van der Waals surface area (Å²) in [6, 6.07) is 11.4. The van der Waals surface area contributed by atoms with E-state index in [9.17, 15) is 19.1 Å². The quantitative estimate of drug-likeness (QED) is 0.857. The molecule has 1 fully saturated rings. The number of carbonyl (C=O) groups excluding carboxylic acids is 2. The first kappa shape index (κ1) is 14.3. The molecule has 3 rings (SSSR count). The lowest BCUT2D eigenvalue weighted by Gasteiger charge is -2.12. The number of rotatable bonds is 2. The predicted molar refractivity (Wildman–Crippen MR) is 83.0 cm³/mol. The molecule has 2 amide bonds. The third-order valence-electron chi connectivity index (χ3n) is 3.07. The van der Waals surface area contributed by atoms with Gasteiger partial charge in [0.15, 0.2) is 0 Å². The number of phenolic OH excluding ortho intramolecular Hbond substituents is 1. The highest BCUT2D eigenvalue weighted by Crippen LogP contribution is 2.36. The molecular weight excluding hydrogens is 305 g/mol. The number of thioether (sulfide) groups is 1. The maximum absolute atomic E-state index is 12.9. The lowest BCUT2D eigenvalue weighted by molar-refractivity contribution is -0.113. The molecule has 0 spiro atoms. The molecule has 1 N–H and O–H groups in total. The molecule has 2 aromatic carbocycles. The van der Waals surface area contributed by atoms with Gasteiger partial charge >= 0.3 is 0 Å². The number of nitrogens with zero attached hydrogens (tertiary/aromatic N) is 1. The molecule has 0 unspecified atom stereocenters. The van der Waals surface area contributed by atoms with Gasteiger partial charge < -0.3 is 5.11 Å². The molecule has 0 saturated carbocycles. The summed E-state index contributed by atoms with van der Waals surface area (Å²) in [7, 11) is 0. The molecule has 1 saturated heterocycles. The average molecular weight is 315 g/mol. The van der Waals surface area contributed by atoms with Gasteiger partial charge in [-0.1, -0.05) is 12.1 Å². The SMILES string of the molecule is O=C1S/C(=C/c2ccc(F)cc2)C(=O)N1c1ccc(O)cc1. The van der Waals surface area contributed by atoms with Crippen molar-refractivity contribution in [3.8, 4) is 5.75 Å². The maximum Gasteiger partial charge on any atom is 0.298 e. The number of anilines is 1. The van der Waals surface area contributed by atoms with Crippen molar-refractivity contribution < 1.29 is 19.1 Å². The Morgan fingerprint density at radius 1 is 1.00 bits per heavy atom. The van der Waals surface area contributed by atoms with Crippen LogP contribution in [0.25, 0.3) is 6.08 Å². The Balaban J connectivity index is 1.91. The Hall–Kier alpha value is -2.60. The molecule has 1 heterocycles. The van der Waals surface area contributed by atoms with Crippen molar-refractivity contribution >= 4 is 34.7 Å². The van der Waals surface area contributed by atoms with Crippen LogP contribution in [0.4, 0.5) is 14.9 Å². The second-order valence-electron chi connectivity index (χ2n) is 4.59. The van der Waals surface area contributed by atoms with Crippen LogP contribution < -0.4 is 4.90 Å². The van der Waals surface area contributed by atoms with E-state index in [-0.39, 0.29) is 16.5 Å². The van der Waals surface area contributed by atoms with Crippen molar-refractivity contribution in [3.63, 3.8) is 0 Å². The normalized spacial score (nSPS) is 16.6. The number of carbonyl (C=O) groups is 2. The molecule has 0 atom stereocenters. The van der Waals surface area contributed by atoms with E-state index in [0.717, 1.165) is 16.7 Å². The van der Waals surface area contributed by atoms with Crippen molar-refractivity contribution in [2.75, 3.05) is 4.90 Å². The van der Waals surface area contributed by atoms with Gasteiger partial charge in [0.2, 0.25) is 0 Å². The molecule has 4 nitrogen and oxygen atoms in total. The van der Waals surface area contributed by atoms with E-state index in [1.165, 1.54) is 48.5 Å². The van der Waals surface area contributed by atoms with Crippen LogP contribution in [-0.2, 0) is 4.79 Å². The highest BCUT2D eigenvalue weighted by molar-refractivity contribution is 8.19. The zero-order valence-corrected chi connectivity index (χ0v) is 12.0. The van der Waals surface area contributed by atoms with Gasteiger partial charge in [-0.15, -0.1) is 0 Å². The van der Waals surface area contributed by atoms with Crippen LogP contribution in [0.1, 0.15) is 5.56 Å². The Morgan fingerprint density at radius 3 is 2.27 bits per heavy atom. The van der Waals surface area contributed by atoms with Gasteiger partial charge in [-0.3, -0.25) is 9.59 Å². The Kier molecular flexibility index (Phi) is 3.68. The van der Waals surface area contributed by atoms with Crippen LogP contribution >= 0.6 is 11.8 Å². The monoisotopic (exact) mass is 315 g/mol. The number of benzene rings is 2. The fourth-order valence-electron chi connectivity index (χ4n) is 2.00. The van der Waals surface area contributed by atoms with Crippen LogP contribution in [-0.4, -0.2) is 16.3 Å². The van der Waals surface area contributed by atoms with Gasteiger partial charge in [0, 0.05) is 0 Å². The molecule has 0 aromatic heterocycles. The third-order valence-corrected chi connectivity index (χ3v) is 3.94. The largest absolute Gasteiger partial charge is 0.508 e. The van der Waals surface area contributed by atoms with Gasteiger partial charge in [0.05, 0.1) is 10.6 Å². The molecule has 0 radical (unpaired) electrons. The summed E-state index contributed by atoms with van der Waals surface area (Å²) in [5, 5.41) is 8.85. The zero-order chi connectivity index (χ0) is 15.7. The van der Waals surface area contributed by atoms with Crippen molar-refractivity contribution in [1.29, 1.82) is 0 Å². The van der Waals surface area contributed by atoms with Gasteiger partial charge in [0.25, 0.3) is 11.1 Å². The van der Waals surface area contributed by atoms with Gasteiger partial charge in [-0.2, -0.15) is 0 Å². The van der Waals surface area contributed by atoms with E-state index in [4.69, 9.17) is 0 Å². The number of phenols is 1. The second-order valence-corrected chi connectivity index (χ2v) is 5.58. The first-order valence-corrected chi connectivity index (χ1v) is 7.19. The molecule has 1 aliphatic heterocycles. The second kappa shape index (κ2) is 5.65. The van der Waals surface area contributed by atoms with Crippen LogP contribution in [0, 0.1) is 5.82 Å². The number of imide groups is 1. The van der Waals surface area contributed by atoms with E-state index in [2.05, 4.69) is 0 Å². The minimum absolute atomic E-state index is 0.0533. The number of hydrogen-bond donors (Lipinski definition) is 1. The summed E-state index contributed by atoms with van der Waals surface area (Å²) in [4.78, 5) is 25.7. The maximum atomic E-state index is 12.9. The van der Waals surface area contributed by atoms with Gasteiger partial charge in [0.1, 0.15) is 11.6 Å². The Labute approximate surface area is 129 Å². The molecule has 0 bridgehead atoms. The van der Waals surface area contributed by atoms with Crippen molar-refractivity contribution in [1.82, 2.24) is 0 Å². The Morgan fingerprint density at radius 2 is 1.64 bits per heavy atom. The number of hydrogen-bond acceptors (Lipinski definition) is 4. The topological polar surface area (TPSA) is 57.6 Å². The lowest BCUT2D eigenvalue weighted by atomic mass is 10.2. The first-order chi connectivity index (χ1) is 10.5. The molecule has 22 heavy (non-hydrogen) atoms. The van der Waals surface area contributed by atoms with Crippen LogP contribution in [0.15, 0.2) is 53.4 Å². The minimum atomic E-state index is -0.440. The van der Waals surface area contributed by atoms with Crippen molar-refractivity contribution in [2.45, 2.75) is 0 Å². The number of amides is 2. The van der Waals surface area contributed by atoms with E-state index >= 15 is 0 Å². The van der Waals surface area contributed by atoms with Crippen LogP contribution in [0.3, 0.4) is 0 Å². The summed E-state index contributed by atoms with van der Waals surface area (Å²) in [6.45, 7) is 0. The number of halogens is 1. The lowest BCUT2D eigenvalue weighted by Crippen LogP contribution is -2.27. The summed E-state index contributed by atoms with van der Waals surface area (Å²) in [5.74, 6) is -0.753. The minimum Gasteiger partial charge on any atom is -0.508 e. The van der Waals surface area contributed by atoms with Gasteiger partial charge in [-0.25, -0.2) is 9.29 Å². The van der Waals surface area contributed by atoms with E-state index < -0.39 is 11.1 Å². The first-order valence-electron chi connectivity index (χ1n) is 6.37. The van der Waals surface area contributed by atoms with Crippen LogP contribution in [0.2, 0.25) is 0 Å². The average Bonchev–Trinajstić information content (AvgIpc) is 2.77. The summed E-state index contributed by atoms with van der Waals surface area (Å²) >= 11 is 0.822. The standard InChI is InChI=1S/C16H10FNO3S/c17-11-3-1-10(2-4-11)9-14-15(20)18(16(21)22-14)12-5-7-13(19)8-6-12/h1-9,19H/b14-9+. The number of aromatic hydroxyl groups is 1. The summed E-state index contributed by atoms with van der Waals surface area (Å²) in [5.41, 5.74) is 1.03. The molecule has 110 valence electrons. The summed E-state index contributed by atoms with van der Waals surface area (Å²) < 4.78 is 12.9. The van der Waals surface area contributed by atoms with Crippen molar-refractivity contribution in [3.05, 3.63) is 64.8 Å². The van der Waals surface area contributed by atoms with E-state index in [1.807, 2.05) is 0 Å². The van der Waals surface area contributed by atoms with Crippen LogP contribution in [0.5, 0.6) is 5.75 Å². The highest BCUT2D eigenvalue weighted by Gasteiger charge is 2.36.